The van der Waals surface area contributed by atoms with Gasteiger partial charge in [-0.05, 0) is 37.8 Å². The van der Waals surface area contributed by atoms with Crippen LogP contribution in [0.3, 0.4) is 0 Å². The molecule has 2 heterocycles. The second kappa shape index (κ2) is 6.70. The van der Waals surface area contributed by atoms with Gasteiger partial charge < -0.3 is 15.3 Å². The Hall–Kier alpha value is -1.62. The molecular weight excluding hydrogens is 254 g/mol. The fourth-order valence-electron chi connectivity index (χ4n) is 2.65. The Balaban J connectivity index is 2.17. The molecule has 1 aromatic heterocycles. The van der Waals surface area contributed by atoms with E-state index in [4.69, 9.17) is 0 Å². The number of nitrogens with one attached hydrogen (secondary N) is 1. The maximum absolute atomic E-state index is 12.0. The van der Waals surface area contributed by atoms with Gasteiger partial charge in [-0.2, -0.15) is 0 Å². The van der Waals surface area contributed by atoms with Crippen LogP contribution in [0.5, 0.6) is 0 Å². The van der Waals surface area contributed by atoms with Gasteiger partial charge in [0, 0.05) is 13.6 Å². The molecule has 0 radical (unpaired) electrons. The lowest BCUT2D eigenvalue weighted by Crippen LogP contribution is -2.48. The lowest BCUT2D eigenvalue weighted by Gasteiger charge is -2.36. The summed E-state index contributed by atoms with van der Waals surface area (Å²) in [5.74, 6) is 0.0577. The molecule has 0 saturated carbocycles. The zero-order valence-electron chi connectivity index (χ0n) is 12.2. The number of aromatic nitrogens is 1. The molecule has 1 saturated heterocycles. The van der Waals surface area contributed by atoms with Crippen molar-refractivity contribution in [2.24, 2.45) is 0 Å². The van der Waals surface area contributed by atoms with Crippen molar-refractivity contribution in [3.8, 4) is 0 Å². The maximum Gasteiger partial charge on any atom is 0.242 e. The van der Waals surface area contributed by atoms with E-state index in [1.54, 1.807) is 13.2 Å². The highest BCUT2D eigenvalue weighted by Gasteiger charge is 2.28. The summed E-state index contributed by atoms with van der Waals surface area (Å²) < 4.78 is 0. The van der Waals surface area contributed by atoms with Gasteiger partial charge in [0.2, 0.25) is 5.91 Å². The molecule has 0 aliphatic carbocycles. The van der Waals surface area contributed by atoms with Gasteiger partial charge in [0.25, 0.3) is 0 Å². The van der Waals surface area contributed by atoms with Crippen LogP contribution in [0.15, 0.2) is 18.3 Å². The fourth-order valence-corrected chi connectivity index (χ4v) is 2.65. The van der Waals surface area contributed by atoms with Crippen molar-refractivity contribution in [1.29, 1.82) is 0 Å². The van der Waals surface area contributed by atoms with Crippen LogP contribution < -0.4 is 10.2 Å². The third-order valence-corrected chi connectivity index (χ3v) is 3.88. The van der Waals surface area contributed by atoms with E-state index in [1.165, 1.54) is 0 Å². The molecule has 0 bridgehead atoms. The van der Waals surface area contributed by atoms with Crippen molar-refractivity contribution < 1.29 is 9.90 Å². The second-order valence-corrected chi connectivity index (χ2v) is 5.18. The van der Waals surface area contributed by atoms with Crippen molar-refractivity contribution in [2.45, 2.75) is 44.8 Å². The molecule has 1 aromatic rings. The Morgan fingerprint density at radius 2 is 2.35 bits per heavy atom. The highest BCUT2D eigenvalue weighted by atomic mass is 16.3. The number of hydrogen-bond acceptors (Lipinski definition) is 4. The molecule has 5 heteroatoms. The molecule has 5 nitrogen and oxygen atoms in total. The van der Waals surface area contributed by atoms with Gasteiger partial charge in [-0.3, -0.25) is 9.78 Å². The van der Waals surface area contributed by atoms with E-state index >= 15 is 0 Å². The van der Waals surface area contributed by atoms with Crippen LogP contribution in [0.25, 0.3) is 0 Å². The van der Waals surface area contributed by atoms with Gasteiger partial charge in [0.1, 0.15) is 6.04 Å². The van der Waals surface area contributed by atoms with Crippen molar-refractivity contribution in [1.82, 2.24) is 10.3 Å². The van der Waals surface area contributed by atoms with E-state index in [0.717, 1.165) is 31.5 Å². The van der Waals surface area contributed by atoms with Gasteiger partial charge in [-0.1, -0.05) is 6.92 Å². The molecule has 1 aliphatic rings. The Labute approximate surface area is 120 Å². The van der Waals surface area contributed by atoms with E-state index in [-0.39, 0.29) is 11.9 Å². The second-order valence-electron chi connectivity index (χ2n) is 5.18. The molecule has 2 rings (SSSR count). The molecule has 1 fully saturated rings. The molecule has 2 atom stereocenters. The summed E-state index contributed by atoms with van der Waals surface area (Å²) in [6.07, 6.45) is 4.94. The lowest BCUT2D eigenvalue weighted by atomic mass is 10.0. The summed E-state index contributed by atoms with van der Waals surface area (Å²) in [5.41, 5.74) is 1.63. The lowest BCUT2D eigenvalue weighted by molar-refractivity contribution is -0.122. The van der Waals surface area contributed by atoms with Crippen LogP contribution in [0.2, 0.25) is 0 Å². The first-order valence-corrected chi connectivity index (χ1v) is 7.29. The Morgan fingerprint density at radius 3 is 2.95 bits per heavy atom. The number of rotatable bonds is 4. The molecule has 0 spiro atoms. The predicted molar refractivity (Wildman–Crippen MR) is 78.5 cm³/mol. The minimum atomic E-state index is -0.514. The van der Waals surface area contributed by atoms with Crippen LogP contribution >= 0.6 is 0 Å². The molecule has 20 heavy (non-hydrogen) atoms. The SMILES string of the molecule is CCC(O)c1ccc(N2CCCCC2C(=O)NC)cn1. The molecular formula is C15H23N3O2. The average Bonchev–Trinajstić information content (AvgIpc) is 2.53. The van der Waals surface area contributed by atoms with Gasteiger partial charge in [0.05, 0.1) is 23.7 Å². The average molecular weight is 277 g/mol. The third kappa shape index (κ3) is 3.10. The number of hydrogen-bond donors (Lipinski definition) is 2. The number of anilines is 1. The van der Waals surface area contributed by atoms with Crippen LogP contribution in [0.1, 0.15) is 44.4 Å². The summed E-state index contributed by atoms with van der Waals surface area (Å²) in [6.45, 7) is 2.79. The summed E-state index contributed by atoms with van der Waals surface area (Å²) in [4.78, 5) is 18.4. The third-order valence-electron chi connectivity index (χ3n) is 3.88. The van der Waals surface area contributed by atoms with Crippen molar-refractivity contribution in [3.63, 3.8) is 0 Å². The number of amides is 1. The topological polar surface area (TPSA) is 65.5 Å². The van der Waals surface area contributed by atoms with E-state index in [1.807, 2.05) is 19.1 Å². The standard InChI is InChI=1S/C15H23N3O2/c1-3-14(19)12-8-7-11(10-17-12)18-9-5-4-6-13(18)15(20)16-2/h7-8,10,13-14,19H,3-6,9H2,1-2H3,(H,16,20). The Bertz CT molecular complexity index is 447. The molecule has 110 valence electrons. The number of aliphatic hydroxyl groups excluding tert-OH is 1. The van der Waals surface area contributed by atoms with Crippen LogP contribution in [-0.2, 0) is 4.79 Å². The van der Waals surface area contributed by atoms with Gasteiger partial charge in [0.15, 0.2) is 0 Å². The highest BCUT2D eigenvalue weighted by Crippen LogP contribution is 2.25. The molecule has 1 amide bonds. The maximum atomic E-state index is 12.0. The fraction of sp³-hybridized carbons (Fsp3) is 0.600. The summed E-state index contributed by atoms with van der Waals surface area (Å²) >= 11 is 0. The zero-order chi connectivity index (χ0) is 14.5. The Morgan fingerprint density at radius 1 is 1.55 bits per heavy atom. The van der Waals surface area contributed by atoms with E-state index in [2.05, 4.69) is 15.2 Å². The largest absolute Gasteiger partial charge is 0.387 e. The van der Waals surface area contributed by atoms with Crippen molar-refractivity contribution in [2.75, 3.05) is 18.5 Å². The van der Waals surface area contributed by atoms with E-state index in [9.17, 15) is 9.90 Å². The number of aliphatic hydroxyl groups is 1. The summed E-state index contributed by atoms with van der Waals surface area (Å²) in [7, 11) is 1.67. The summed E-state index contributed by atoms with van der Waals surface area (Å²) in [5, 5.41) is 12.5. The number of likely N-dealkylation sites (N-methyl/N-ethyl adjacent to an activating group) is 1. The molecule has 2 unspecified atom stereocenters. The minimum Gasteiger partial charge on any atom is -0.387 e. The molecule has 2 N–H and O–H groups in total. The first kappa shape index (κ1) is 14.8. The predicted octanol–water partition coefficient (Wildman–Crippen LogP) is 1.63. The quantitative estimate of drug-likeness (QED) is 0.878. The normalized spacial score (nSPS) is 20.6. The number of carbonyl (C=O) groups excluding carboxylic acids is 1. The number of carbonyl (C=O) groups is 1. The van der Waals surface area contributed by atoms with Crippen LogP contribution in [0.4, 0.5) is 5.69 Å². The minimum absolute atomic E-state index is 0.0577. The van der Waals surface area contributed by atoms with Crippen molar-refractivity contribution >= 4 is 11.6 Å². The van der Waals surface area contributed by atoms with Gasteiger partial charge in [-0.25, -0.2) is 0 Å². The Kier molecular flexibility index (Phi) is 4.95. The number of pyridine rings is 1. The smallest absolute Gasteiger partial charge is 0.242 e. The first-order valence-electron chi connectivity index (χ1n) is 7.29. The van der Waals surface area contributed by atoms with Gasteiger partial charge >= 0.3 is 0 Å². The van der Waals surface area contributed by atoms with Crippen LogP contribution in [0, 0.1) is 0 Å². The first-order chi connectivity index (χ1) is 9.67. The van der Waals surface area contributed by atoms with E-state index < -0.39 is 6.10 Å². The number of piperidine rings is 1. The van der Waals surface area contributed by atoms with Gasteiger partial charge in [-0.15, -0.1) is 0 Å². The zero-order valence-corrected chi connectivity index (χ0v) is 12.2. The van der Waals surface area contributed by atoms with Crippen molar-refractivity contribution in [3.05, 3.63) is 24.0 Å². The highest BCUT2D eigenvalue weighted by molar-refractivity contribution is 5.85. The number of nitrogens with zero attached hydrogens (tertiary/aromatic N) is 2. The molecule has 0 aromatic carbocycles. The van der Waals surface area contributed by atoms with Crippen LogP contribution in [-0.4, -0.2) is 35.6 Å². The molecule has 1 aliphatic heterocycles. The monoisotopic (exact) mass is 277 g/mol. The summed E-state index contributed by atoms with van der Waals surface area (Å²) in [6, 6.07) is 3.68. The van der Waals surface area contributed by atoms with E-state index in [0.29, 0.717) is 12.1 Å².